The fraction of sp³-hybridized carbons (Fsp3) is 0.250. The normalized spacial score (nSPS) is 15.9. The number of H-pyrrole nitrogens is 1. The zero-order valence-corrected chi connectivity index (χ0v) is 16.8. The van der Waals surface area contributed by atoms with E-state index in [9.17, 15) is 9.59 Å². The van der Waals surface area contributed by atoms with Gasteiger partial charge in [0.05, 0.1) is 17.4 Å². The van der Waals surface area contributed by atoms with Crippen LogP contribution in [0.1, 0.15) is 25.8 Å². The molecule has 0 spiro atoms. The predicted molar refractivity (Wildman–Crippen MR) is 117 cm³/mol. The molecule has 1 aliphatic rings. The number of hydrogen-bond donors (Lipinski definition) is 1. The minimum absolute atomic E-state index is 0.0641. The minimum atomic E-state index is -0.119. The smallest absolute Gasteiger partial charge is 0.247 e. The number of aromatic amines is 1. The average Bonchev–Trinajstić information content (AvgIpc) is 2.74. The molecular weight excluding hydrogens is 362 g/mol. The number of benzene rings is 2. The predicted octanol–water partition coefficient (Wildman–Crippen LogP) is 4.19. The van der Waals surface area contributed by atoms with Gasteiger partial charge in [0, 0.05) is 32.3 Å². The molecule has 5 nitrogen and oxygen atoms in total. The highest BCUT2D eigenvalue weighted by Crippen LogP contribution is 2.40. The van der Waals surface area contributed by atoms with E-state index in [1.165, 1.54) is 11.6 Å². The van der Waals surface area contributed by atoms with Crippen LogP contribution in [0.25, 0.3) is 11.1 Å². The molecule has 1 aliphatic heterocycles. The van der Waals surface area contributed by atoms with Crippen molar-refractivity contribution in [3.63, 3.8) is 0 Å². The standard InChI is InChI=1S/C24H25N3O2/c1-3-21-16-26(15-18-7-5-4-6-8-18)23-13-19(20-10-12-24(29)25-14-20)9-11-22(23)27(21)17(2)28/h4-14,21H,3,15-16H2,1-2H3,(H,25,29). The first kappa shape index (κ1) is 19.0. The Hall–Kier alpha value is -3.34. The molecule has 0 saturated carbocycles. The zero-order valence-electron chi connectivity index (χ0n) is 16.8. The van der Waals surface area contributed by atoms with Crippen molar-refractivity contribution < 1.29 is 4.79 Å². The molecule has 148 valence electrons. The van der Waals surface area contributed by atoms with E-state index in [-0.39, 0.29) is 17.5 Å². The maximum absolute atomic E-state index is 12.5. The minimum Gasteiger partial charge on any atom is -0.363 e. The van der Waals surface area contributed by atoms with Gasteiger partial charge in [-0.3, -0.25) is 9.59 Å². The molecule has 1 atom stereocenters. The van der Waals surface area contributed by atoms with Crippen molar-refractivity contribution >= 4 is 17.3 Å². The van der Waals surface area contributed by atoms with Gasteiger partial charge in [-0.25, -0.2) is 0 Å². The van der Waals surface area contributed by atoms with Gasteiger partial charge in [-0.05, 0) is 41.3 Å². The molecule has 1 unspecified atom stereocenters. The Morgan fingerprint density at radius 2 is 1.79 bits per heavy atom. The highest BCUT2D eigenvalue weighted by molar-refractivity contribution is 5.98. The third kappa shape index (κ3) is 3.81. The van der Waals surface area contributed by atoms with Crippen LogP contribution < -0.4 is 15.4 Å². The lowest BCUT2D eigenvalue weighted by Crippen LogP contribution is -2.50. The summed E-state index contributed by atoms with van der Waals surface area (Å²) < 4.78 is 0. The van der Waals surface area contributed by atoms with E-state index in [0.29, 0.717) is 0 Å². The first-order chi connectivity index (χ1) is 14.1. The van der Waals surface area contributed by atoms with Crippen LogP contribution in [0.15, 0.2) is 71.7 Å². The lowest BCUT2D eigenvalue weighted by molar-refractivity contribution is -0.117. The number of carbonyl (C=O) groups excluding carboxylic acids is 1. The Morgan fingerprint density at radius 3 is 2.45 bits per heavy atom. The second-order valence-electron chi connectivity index (χ2n) is 7.46. The van der Waals surface area contributed by atoms with Gasteiger partial charge in [0.2, 0.25) is 11.5 Å². The number of pyridine rings is 1. The van der Waals surface area contributed by atoms with E-state index < -0.39 is 0 Å². The summed E-state index contributed by atoms with van der Waals surface area (Å²) in [7, 11) is 0. The van der Waals surface area contributed by atoms with Crippen LogP contribution in [0.4, 0.5) is 11.4 Å². The van der Waals surface area contributed by atoms with Gasteiger partial charge in [-0.1, -0.05) is 43.3 Å². The molecule has 1 N–H and O–H groups in total. The molecule has 29 heavy (non-hydrogen) atoms. The van der Waals surface area contributed by atoms with Crippen LogP contribution in [0.5, 0.6) is 0 Å². The van der Waals surface area contributed by atoms with Gasteiger partial charge in [0.15, 0.2) is 0 Å². The third-order valence-electron chi connectivity index (χ3n) is 5.52. The fourth-order valence-corrected chi connectivity index (χ4v) is 4.07. The molecule has 0 bridgehead atoms. The van der Waals surface area contributed by atoms with Crippen LogP contribution in [0.3, 0.4) is 0 Å². The van der Waals surface area contributed by atoms with Crippen molar-refractivity contribution in [2.24, 2.45) is 0 Å². The molecule has 1 amide bonds. The van der Waals surface area contributed by atoms with Crippen LogP contribution in [-0.2, 0) is 11.3 Å². The number of hydrogen-bond acceptors (Lipinski definition) is 3. The second-order valence-corrected chi connectivity index (χ2v) is 7.46. The van der Waals surface area contributed by atoms with Gasteiger partial charge in [0.25, 0.3) is 0 Å². The van der Waals surface area contributed by atoms with Crippen LogP contribution in [0, 0.1) is 0 Å². The van der Waals surface area contributed by atoms with Gasteiger partial charge >= 0.3 is 0 Å². The highest BCUT2D eigenvalue weighted by Gasteiger charge is 2.32. The Bertz CT molecular complexity index is 1050. The Kier molecular flexibility index (Phi) is 5.21. The molecular formula is C24H25N3O2. The van der Waals surface area contributed by atoms with Crippen molar-refractivity contribution in [3.05, 3.63) is 82.8 Å². The first-order valence-corrected chi connectivity index (χ1v) is 9.98. The summed E-state index contributed by atoms with van der Waals surface area (Å²) in [6.07, 6.45) is 2.62. The van der Waals surface area contributed by atoms with Gasteiger partial charge in [-0.2, -0.15) is 0 Å². The summed E-state index contributed by atoms with van der Waals surface area (Å²) in [6.45, 7) is 5.33. The van der Waals surface area contributed by atoms with E-state index in [1.807, 2.05) is 29.2 Å². The van der Waals surface area contributed by atoms with Crippen LogP contribution >= 0.6 is 0 Å². The lowest BCUT2D eigenvalue weighted by Gasteiger charge is -2.43. The molecule has 0 radical (unpaired) electrons. The van der Waals surface area contributed by atoms with Crippen LogP contribution in [-0.4, -0.2) is 23.5 Å². The fourth-order valence-electron chi connectivity index (χ4n) is 4.07. The number of fused-ring (bicyclic) bond motifs is 1. The van der Waals surface area contributed by atoms with E-state index in [2.05, 4.69) is 47.1 Å². The van der Waals surface area contributed by atoms with Gasteiger partial charge in [0.1, 0.15) is 0 Å². The number of carbonyl (C=O) groups is 1. The number of anilines is 2. The molecule has 0 fully saturated rings. The molecule has 2 heterocycles. The van der Waals surface area contributed by atoms with Crippen molar-refractivity contribution in [2.75, 3.05) is 16.3 Å². The molecule has 0 aliphatic carbocycles. The Labute approximate surface area is 170 Å². The molecule has 0 saturated heterocycles. The number of aromatic nitrogens is 1. The maximum atomic E-state index is 12.5. The van der Waals surface area contributed by atoms with Crippen molar-refractivity contribution in [2.45, 2.75) is 32.9 Å². The lowest BCUT2D eigenvalue weighted by atomic mass is 9.99. The van der Waals surface area contributed by atoms with Gasteiger partial charge < -0.3 is 14.8 Å². The highest BCUT2D eigenvalue weighted by atomic mass is 16.2. The summed E-state index contributed by atoms with van der Waals surface area (Å²) in [4.78, 5) is 30.9. The Morgan fingerprint density at radius 1 is 1.03 bits per heavy atom. The molecule has 3 aromatic rings. The maximum Gasteiger partial charge on any atom is 0.247 e. The molecule has 1 aromatic heterocycles. The zero-order chi connectivity index (χ0) is 20.4. The number of rotatable bonds is 4. The van der Waals surface area contributed by atoms with E-state index >= 15 is 0 Å². The van der Waals surface area contributed by atoms with Crippen molar-refractivity contribution in [1.82, 2.24) is 4.98 Å². The average molecular weight is 387 g/mol. The number of amides is 1. The number of nitrogens with zero attached hydrogens (tertiary/aromatic N) is 2. The third-order valence-corrected chi connectivity index (χ3v) is 5.52. The summed E-state index contributed by atoms with van der Waals surface area (Å²) in [6, 6.07) is 20.0. The van der Waals surface area contributed by atoms with E-state index in [0.717, 1.165) is 42.0 Å². The van der Waals surface area contributed by atoms with Crippen molar-refractivity contribution in [1.29, 1.82) is 0 Å². The largest absolute Gasteiger partial charge is 0.363 e. The quantitative estimate of drug-likeness (QED) is 0.730. The van der Waals surface area contributed by atoms with E-state index in [1.54, 1.807) is 13.1 Å². The SMILES string of the molecule is CCC1CN(Cc2ccccc2)c2cc(-c3ccc(=O)[nH]c3)ccc2N1C(C)=O. The monoisotopic (exact) mass is 387 g/mol. The number of nitrogens with one attached hydrogen (secondary N) is 1. The summed E-state index contributed by atoms with van der Waals surface area (Å²) in [5.41, 5.74) is 5.05. The van der Waals surface area contributed by atoms with Crippen molar-refractivity contribution in [3.8, 4) is 11.1 Å². The summed E-state index contributed by atoms with van der Waals surface area (Å²) in [5.74, 6) is 0.0641. The summed E-state index contributed by atoms with van der Waals surface area (Å²) in [5, 5.41) is 0. The second kappa shape index (κ2) is 7.95. The summed E-state index contributed by atoms with van der Waals surface area (Å²) >= 11 is 0. The first-order valence-electron chi connectivity index (χ1n) is 9.98. The van der Waals surface area contributed by atoms with Gasteiger partial charge in [-0.15, -0.1) is 0 Å². The molecule has 2 aromatic carbocycles. The van der Waals surface area contributed by atoms with E-state index in [4.69, 9.17) is 0 Å². The topological polar surface area (TPSA) is 56.4 Å². The molecule has 4 rings (SSSR count). The van der Waals surface area contributed by atoms with Crippen LogP contribution in [0.2, 0.25) is 0 Å². The Balaban J connectivity index is 1.80. The molecule has 5 heteroatoms.